The van der Waals surface area contributed by atoms with Gasteiger partial charge in [0.15, 0.2) is 5.78 Å². The minimum atomic E-state index is -0.896. The molecule has 58 heavy (non-hydrogen) atoms. The third-order valence-electron chi connectivity index (χ3n) is 18.5. The number of aliphatic hydroxyl groups excluding tert-OH is 1. The number of carboxylic acids is 1. The Morgan fingerprint density at radius 2 is 1.64 bits per heavy atom. The molecular formula is C48H67N3O7. The van der Waals surface area contributed by atoms with Gasteiger partial charge in [0.1, 0.15) is 11.9 Å². The van der Waals surface area contributed by atoms with E-state index in [1.807, 2.05) is 26.8 Å². The minimum absolute atomic E-state index is 0.00170. The number of esters is 1. The van der Waals surface area contributed by atoms with Crippen LogP contribution in [0.2, 0.25) is 0 Å². The summed E-state index contributed by atoms with van der Waals surface area (Å²) < 4.78 is 6.41. The minimum Gasteiger partial charge on any atom is -0.481 e. The molecule has 1 aromatic carbocycles. The van der Waals surface area contributed by atoms with Crippen LogP contribution < -0.4 is 5.32 Å². The summed E-state index contributed by atoms with van der Waals surface area (Å²) in [7, 11) is 0. The lowest BCUT2D eigenvalue weighted by Gasteiger charge is -2.72. The van der Waals surface area contributed by atoms with Gasteiger partial charge in [-0.25, -0.2) is 4.98 Å². The highest BCUT2D eigenvalue weighted by atomic mass is 16.5. The zero-order chi connectivity index (χ0) is 42.1. The van der Waals surface area contributed by atoms with E-state index in [1.165, 1.54) is 5.57 Å². The Bertz CT molecular complexity index is 2100. The number of rotatable bonds is 8. The fourth-order valence-corrected chi connectivity index (χ4v) is 15.0. The molecular weight excluding hydrogens is 731 g/mol. The normalized spacial score (nSPS) is 39.2. The number of amides is 1. The van der Waals surface area contributed by atoms with Gasteiger partial charge in [0.2, 0.25) is 0 Å². The van der Waals surface area contributed by atoms with E-state index in [0.29, 0.717) is 36.7 Å². The Kier molecular flexibility index (Phi) is 9.58. The number of ketones is 1. The van der Waals surface area contributed by atoms with Crippen LogP contribution in [0.15, 0.2) is 29.3 Å². The van der Waals surface area contributed by atoms with Crippen molar-refractivity contribution >= 4 is 34.7 Å². The number of aromatic amines is 1. The molecule has 8 rings (SSSR count). The lowest BCUT2D eigenvalue weighted by atomic mass is 9.33. The molecule has 0 unspecified atom stereocenters. The van der Waals surface area contributed by atoms with Crippen molar-refractivity contribution in [1.82, 2.24) is 15.3 Å². The second-order valence-electron chi connectivity index (χ2n) is 21.9. The summed E-state index contributed by atoms with van der Waals surface area (Å²) in [6.45, 7) is 22.1. The van der Waals surface area contributed by atoms with E-state index >= 15 is 0 Å². The molecule has 6 aliphatic carbocycles. The zero-order valence-corrected chi connectivity index (χ0v) is 36.5. The molecule has 5 fully saturated rings. The smallest absolute Gasteiger partial charge is 0.309 e. The summed E-state index contributed by atoms with van der Waals surface area (Å²) in [5.74, 6) is -0.318. The van der Waals surface area contributed by atoms with E-state index < -0.39 is 34.7 Å². The number of ether oxygens (including phenoxy) is 1. The maximum atomic E-state index is 14.2. The molecule has 11 atom stereocenters. The third kappa shape index (κ3) is 5.68. The number of Topliss-reactive ketones (excluding diaryl/α,β-unsaturated/α-hetero) is 1. The van der Waals surface area contributed by atoms with Crippen LogP contribution in [0.5, 0.6) is 0 Å². The number of carbonyl (C=O) groups excluding carboxylic acids is 3. The van der Waals surface area contributed by atoms with Crippen molar-refractivity contribution in [3.63, 3.8) is 0 Å². The highest BCUT2D eigenvalue weighted by Gasteiger charge is 2.71. The van der Waals surface area contributed by atoms with E-state index in [0.717, 1.165) is 67.4 Å². The molecule has 2 aromatic rings. The molecule has 1 aromatic heterocycles. The summed E-state index contributed by atoms with van der Waals surface area (Å²) in [5, 5.41) is 25.0. The molecule has 0 radical (unpaired) electrons. The van der Waals surface area contributed by atoms with Gasteiger partial charge in [0.25, 0.3) is 5.91 Å². The van der Waals surface area contributed by atoms with Gasteiger partial charge in [0.05, 0.1) is 29.0 Å². The van der Waals surface area contributed by atoms with Crippen LogP contribution in [0, 0.1) is 74.9 Å². The number of fused-ring (bicyclic) bond motifs is 8. The molecule has 0 saturated heterocycles. The van der Waals surface area contributed by atoms with Gasteiger partial charge in [-0.1, -0.05) is 67.9 Å². The fourth-order valence-electron chi connectivity index (χ4n) is 15.0. The van der Waals surface area contributed by atoms with E-state index in [-0.39, 0.29) is 63.8 Å². The van der Waals surface area contributed by atoms with Crippen LogP contribution in [0.25, 0.3) is 11.0 Å². The number of H-pyrrole nitrogens is 1. The van der Waals surface area contributed by atoms with Crippen molar-refractivity contribution in [2.45, 2.75) is 146 Å². The highest BCUT2D eigenvalue weighted by molar-refractivity contribution is 6.01. The van der Waals surface area contributed by atoms with Crippen molar-refractivity contribution in [3.8, 4) is 0 Å². The van der Waals surface area contributed by atoms with Crippen LogP contribution in [-0.2, 0) is 19.1 Å². The molecule has 6 aliphatic rings. The summed E-state index contributed by atoms with van der Waals surface area (Å²) in [6, 6.07) is 5.39. The molecule has 10 heteroatoms. The number of hydrogen-bond donors (Lipinski definition) is 4. The summed E-state index contributed by atoms with van der Waals surface area (Å²) in [4.78, 5) is 60.7. The zero-order valence-electron chi connectivity index (χ0n) is 36.5. The topological polar surface area (TPSA) is 159 Å². The molecule has 4 N–H and O–H groups in total. The van der Waals surface area contributed by atoms with Crippen molar-refractivity contribution in [2.75, 3.05) is 6.54 Å². The van der Waals surface area contributed by atoms with Gasteiger partial charge in [-0.15, -0.1) is 0 Å². The van der Waals surface area contributed by atoms with Crippen LogP contribution in [0.3, 0.4) is 0 Å². The summed E-state index contributed by atoms with van der Waals surface area (Å²) in [6.07, 6.45) is 6.99. The summed E-state index contributed by atoms with van der Waals surface area (Å²) in [5.41, 5.74) is 2.57. The molecule has 10 nitrogen and oxygen atoms in total. The quantitative estimate of drug-likeness (QED) is 0.193. The lowest BCUT2D eigenvalue weighted by Crippen LogP contribution is -2.66. The van der Waals surface area contributed by atoms with Gasteiger partial charge in [-0.05, 0) is 134 Å². The molecule has 0 aliphatic heterocycles. The number of aliphatic carboxylic acids is 1. The first kappa shape index (κ1) is 41.2. The van der Waals surface area contributed by atoms with Crippen molar-refractivity contribution < 1.29 is 34.1 Å². The van der Waals surface area contributed by atoms with Crippen LogP contribution in [0.4, 0.5) is 0 Å². The number of hydrogen-bond acceptors (Lipinski definition) is 7. The molecule has 316 valence electrons. The third-order valence-corrected chi connectivity index (χ3v) is 18.5. The lowest BCUT2D eigenvalue weighted by molar-refractivity contribution is -0.238. The number of nitrogens with one attached hydrogen (secondary N) is 2. The van der Waals surface area contributed by atoms with Gasteiger partial charge in [-0.2, -0.15) is 0 Å². The first-order valence-corrected chi connectivity index (χ1v) is 22.2. The van der Waals surface area contributed by atoms with Crippen LogP contribution >= 0.6 is 0 Å². The van der Waals surface area contributed by atoms with E-state index in [9.17, 15) is 29.4 Å². The number of carboxylic acid groups (broad SMARTS) is 1. The Morgan fingerprint density at radius 3 is 2.31 bits per heavy atom. The molecule has 1 heterocycles. The summed E-state index contributed by atoms with van der Waals surface area (Å²) >= 11 is 0. The number of benzene rings is 1. The van der Waals surface area contributed by atoms with Gasteiger partial charge in [-0.3, -0.25) is 19.2 Å². The van der Waals surface area contributed by atoms with Crippen molar-refractivity contribution in [1.29, 1.82) is 0 Å². The largest absolute Gasteiger partial charge is 0.481 e. The van der Waals surface area contributed by atoms with E-state index in [1.54, 1.807) is 12.1 Å². The number of aromatic nitrogens is 2. The standard InChI is InChI=1S/C48H67N3O7/c1-25(2)38-33(52)23-48(36(53)24-49-40(54)27-11-13-31-32(21-27)51-26(3)50-31)20-19-46(9)28(39(38)48)12-14-35-45(8)17-16-37(44(6,7)34(45)15-18-47(35,46)10)58-42(57)30-22-29(41(55)56)43(30,4)5/h11,13,21,25,28-30,34-37,53H,12,14-20,22-24H2,1-10H3,(H,49,54)(H,50,51)(H,55,56)/t28-,29+,30-,34+,35-,36+,37+,45+,46-,47-,48+/m1/s1. The number of aryl methyl sites for hydroxylation is 1. The Labute approximate surface area is 344 Å². The number of aliphatic hydroxyl groups is 1. The second kappa shape index (κ2) is 13.5. The Morgan fingerprint density at radius 1 is 0.914 bits per heavy atom. The first-order chi connectivity index (χ1) is 27.0. The van der Waals surface area contributed by atoms with Crippen molar-refractivity contribution in [2.24, 2.45) is 68.0 Å². The van der Waals surface area contributed by atoms with Gasteiger partial charge in [0, 0.05) is 29.4 Å². The Hall–Kier alpha value is -3.53. The van der Waals surface area contributed by atoms with Crippen molar-refractivity contribution in [3.05, 3.63) is 40.7 Å². The average Bonchev–Trinajstić information content (AvgIpc) is 3.67. The predicted octanol–water partition coefficient (Wildman–Crippen LogP) is 8.60. The molecule has 0 spiro atoms. The molecule has 5 saturated carbocycles. The van der Waals surface area contributed by atoms with Crippen LogP contribution in [-0.4, -0.2) is 62.6 Å². The number of nitrogens with zero attached hydrogens (tertiary/aromatic N) is 1. The second-order valence-corrected chi connectivity index (χ2v) is 21.9. The SMILES string of the molecule is Cc1nc2ccc(C(=O)NC[C@H](O)[C@@]34CC[C@]5(C)[C@H](CC[C@@H]6[C@@]7(C)CC[C@H](OC(=O)[C@H]8C[C@@H](C(=O)O)C8(C)C)C(C)(C)[C@@H]7CC[C@]65C)C3=C(C(C)C)C(=O)C4)cc2[nH]1. The molecule has 1 amide bonds. The fraction of sp³-hybridized carbons (Fsp3) is 0.729. The molecule has 0 bridgehead atoms. The highest BCUT2D eigenvalue weighted by Crippen LogP contribution is 2.77. The van der Waals surface area contributed by atoms with E-state index in [4.69, 9.17) is 4.74 Å². The van der Waals surface area contributed by atoms with Crippen LogP contribution in [0.1, 0.15) is 143 Å². The number of allylic oxidation sites excluding steroid dienone is 1. The van der Waals surface area contributed by atoms with E-state index in [2.05, 4.69) is 63.8 Å². The maximum Gasteiger partial charge on any atom is 0.309 e. The van der Waals surface area contributed by atoms with Gasteiger partial charge >= 0.3 is 11.9 Å². The average molecular weight is 798 g/mol. The first-order valence-electron chi connectivity index (χ1n) is 22.2. The predicted molar refractivity (Wildman–Crippen MR) is 221 cm³/mol. The van der Waals surface area contributed by atoms with Gasteiger partial charge < -0.3 is 25.3 Å². The number of imidazole rings is 1. The number of carbonyl (C=O) groups is 4. The maximum absolute atomic E-state index is 14.2. The monoisotopic (exact) mass is 797 g/mol. The Balaban J connectivity index is 1.03.